The maximum Gasteiger partial charge on any atom is 0.210 e. The molecule has 2 rings (SSSR count). The fourth-order valence-electron chi connectivity index (χ4n) is 1.59. The number of methoxy groups -OCH3 is 1. The summed E-state index contributed by atoms with van der Waals surface area (Å²) >= 11 is 1.47. The third-order valence-electron chi connectivity index (χ3n) is 2.63. The van der Waals surface area contributed by atoms with E-state index in [2.05, 4.69) is 15.5 Å². The van der Waals surface area contributed by atoms with E-state index in [1.165, 1.54) is 11.3 Å². The van der Waals surface area contributed by atoms with Crippen LogP contribution in [0.25, 0.3) is 0 Å². The zero-order chi connectivity index (χ0) is 14.5. The Morgan fingerprint density at radius 2 is 1.90 bits per heavy atom. The molecule has 0 amide bonds. The molecule has 0 saturated carbocycles. The zero-order valence-corrected chi connectivity index (χ0v) is 12.9. The molecule has 2 aromatic rings. The number of benzene rings is 1. The normalized spacial score (nSPS) is 12.4. The molecule has 1 unspecified atom stereocenters. The van der Waals surface area contributed by atoms with Gasteiger partial charge < -0.3 is 14.8 Å². The third kappa shape index (κ3) is 3.68. The molecule has 1 aromatic heterocycles. The van der Waals surface area contributed by atoms with Gasteiger partial charge in [0.25, 0.3) is 0 Å². The largest absolute Gasteiger partial charge is 0.489 e. The van der Waals surface area contributed by atoms with Crippen LogP contribution in [-0.4, -0.2) is 23.4 Å². The number of hydrogen-bond acceptors (Lipinski definition) is 6. The van der Waals surface area contributed by atoms with Gasteiger partial charge in [-0.2, -0.15) is 0 Å². The van der Waals surface area contributed by atoms with Gasteiger partial charge in [-0.1, -0.05) is 23.5 Å². The lowest BCUT2D eigenvalue weighted by Gasteiger charge is -2.13. The topological polar surface area (TPSA) is 56.3 Å². The second-order valence-electron chi connectivity index (χ2n) is 4.61. The summed E-state index contributed by atoms with van der Waals surface area (Å²) in [6, 6.07) is 7.79. The SMILES string of the molecule is COC(C)c1nnc(Nc2ccccc2OC(C)C)s1. The molecule has 0 fully saturated rings. The molecule has 0 aliphatic rings. The highest BCUT2D eigenvalue weighted by Crippen LogP contribution is 2.31. The molecule has 20 heavy (non-hydrogen) atoms. The van der Waals surface area contributed by atoms with Crippen molar-refractivity contribution < 1.29 is 9.47 Å². The van der Waals surface area contributed by atoms with E-state index in [0.717, 1.165) is 21.6 Å². The lowest BCUT2D eigenvalue weighted by molar-refractivity contribution is 0.118. The van der Waals surface area contributed by atoms with Gasteiger partial charge in [-0.25, -0.2) is 0 Å². The quantitative estimate of drug-likeness (QED) is 0.878. The molecule has 6 heteroatoms. The second-order valence-corrected chi connectivity index (χ2v) is 5.62. The van der Waals surface area contributed by atoms with Crippen molar-refractivity contribution in [2.24, 2.45) is 0 Å². The lowest BCUT2D eigenvalue weighted by Crippen LogP contribution is -2.07. The Bertz CT molecular complexity index is 557. The van der Waals surface area contributed by atoms with Crippen LogP contribution in [0.4, 0.5) is 10.8 Å². The van der Waals surface area contributed by atoms with Crippen molar-refractivity contribution in [2.75, 3.05) is 12.4 Å². The Balaban J connectivity index is 2.15. The van der Waals surface area contributed by atoms with Gasteiger partial charge in [0, 0.05) is 7.11 Å². The molecule has 1 aromatic carbocycles. The van der Waals surface area contributed by atoms with E-state index in [1.807, 2.05) is 45.0 Å². The van der Waals surface area contributed by atoms with Gasteiger partial charge in [-0.15, -0.1) is 10.2 Å². The van der Waals surface area contributed by atoms with Crippen LogP contribution in [0.1, 0.15) is 31.9 Å². The lowest BCUT2D eigenvalue weighted by atomic mass is 10.3. The fraction of sp³-hybridized carbons (Fsp3) is 0.429. The highest BCUT2D eigenvalue weighted by Gasteiger charge is 2.12. The van der Waals surface area contributed by atoms with Crippen LogP contribution in [-0.2, 0) is 4.74 Å². The highest BCUT2D eigenvalue weighted by atomic mass is 32.1. The van der Waals surface area contributed by atoms with E-state index < -0.39 is 0 Å². The van der Waals surface area contributed by atoms with Gasteiger partial charge in [0.2, 0.25) is 5.13 Å². The van der Waals surface area contributed by atoms with Crippen LogP contribution in [0, 0.1) is 0 Å². The third-order valence-corrected chi connectivity index (χ3v) is 3.63. The number of nitrogens with zero attached hydrogens (tertiary/aromatic N) is 2. The van der Waals surface area contributed by atoms with Crippen LogP contribution >= 0.6 is 11.3 Å². The van der Waals surface area contributed by atoms with Crippen LogP contribution in [0.2, 0.25) is 0 Å². The summed E-state index contributed by atoms with van der Waals surface area (Å²) < 4.78 is 11.0. The molecule has 0 saturated heterocycles. The van der Waals surface area contributed by atoms with E-state index >= 15 is 0 Å². The predicted octanol–water partition coefficient (Wildman–Crippen LogP) is 3.78. The van der Waals surface area contributed by atoms with E-state index in [1.54, 1.807) is 7.11 Å². The Labute approximate surface area is 123 Å². The summed E-state index contributed by atoms with van der Waals surface area (Å²) in [7, 11) is 1.66. The molecule has 0 bridgehead atoms. The number of rotatable bonds is 6. The molecule has 0 spiro atoms. The number of hydrogen-bond donors (Lipinski definition) is 1. The van der Waals surface area contributed by atoms with Crippen molar-refractivity contribution in [3.05, 3.63) is 29.3 Å². The first-order valence-corrected chi connectivity index (χ1v) is 7.30. The highest BCUT2D eigenvalue weighted by molar-refractivity contribution is 7.15. The monoisotopic (exact) mass is 293 g/mol. The number of nitrogens with one attached hydrogen (secondary N) is 1. The molecule has 0 radical (unpaired) electrons. The van der Waals surface area contributed by atoms with Crippen LogP contribution in [0.5, 0.6) is 5.75 Å². The minimum absolute atomic E-state index is 0.0507. The molecule has 5 nitrogen and oxygen atoms in total. The van der Waals surface area contributed by atoms with E-state index in [-0.39, 0.29) is 12.2 Å². The van der Waals surface area contributed by atoms with Crippen molar-refractivity contribution >= 4 is 22.2 Å². The number of aromatic nitrogens is 2. The van der Waals surface area contributed by atoms with Crippen LogP contribution < -0.4 is 10.1 Å². The van der Waals surface area contributed by atoms with Crippen LogP contribution in [0.3, 0.4) is 0 Å². The average Bonchev–Trinajstić information content (AvgIpc) is 2.88. The van der Waals surface area contributed by atoms with Gasteiger partial charge in [0.1, 0.15) is 16.9 Å². The maximum atomic E-state index is 5.76. The summed E-state index contributed by atoms with van der Waals surface area (Å²) in [5.74, 6) is 0.805. The molecule has 1 heterocycles. The molecule has 0 aliphatic carbocycles. The summed E-state index contributed by atoms with van der Waals surface area (Å²) in [5.41, 5.74) is 0.883. The zero-order valence-electron chi connectivity index (χ0n) is 12.1. The predicted molar refractivity (Wildman–Crippen MR) is 80.8 cm³/mol. The first-order valence-electron chi connectivity index (χ1n) is 6.49. The molecular weight excluding hydrogens is 274 g/mol. The smallest absolute Gasteiger partial charge is 0.210 e. The Hall–Kier alpha value is -1.66. The fourth-order valence-corrected chi connectivity index (χ4v) is 2.38. The second kappa shape index (κ2) is 6.67. The summed E-state index contributed by atoms with van der Waals surface area (Å²) in [6.07, 6.45) is 0.0710. The molecule has 1 atom stereocenters. The van der Waals surface area contributed by atoms with Gasteiger partial charge in [-0.05, 0) is 32.9 Å². The number of anilines is 2. The number of ether oxygens (including phenoxy) is 2. The maximum absolute atomic E-state index is 5.76. The Morgan fingerprint density at radius 3 is 2.60 bits per heavy atom. The van der Waals surface area contributed by atoms with Crippen molar-refractivity contribution in [1.82, 2.24) is 10.2 Å². The minimum atomic E-state index is -0.0507. The van der Waals surface area contributed by atoms with Gasteiger partial charge in [0.15, 0.2) is 0 Å². The standard InChI is InChI=1S/C14H19N3O2S/c1-9(2)19-12-8-6-5-7-11(12)15-14-17-16-13(20-14)10(3)18-4/h5-10H,1-4H3,(H,15,17). The first kappa shape index (κ1) is 14.7. The Kier molecular flexibility index (Phi) is 4.92. The summed E-state index contributed by atoms with van der Waals surface area (Å²) in [4.78, 5) is 0. The van der Waals surface area contributed by atoms with E-state index in [9.17, 15) is 0 Å². The molecule has 108 valence electrons. The van der Waals surface area contributed by atoms with E-state index in [4.69, 9.17) is 9.47 Å². The van der Waals surface area contributed by atoms with E-state index in [0.29, 0.717) is 0 Å². The first-order chi connectivity index (χ1) is 9.60. The van der Waals surface area contributed by atoms with Crippen molar-refractivity contribution in [3.63, 3.8) is 0 Å². The van der Waals surface area contributed by atoms with Crippen molar-refractivity contribution in [1.29, 1.82) is 0 Å². The molecular formula is C14H19N3O2S. The minimum Gasteiger partial charge on any atom is -0.489 e. The molecule has 1 N–H and O–H groups in total. The van der Waals surface area contributed by atoms with Crippen LogP contribution in [0.15, 0.2) is 24.3 Å². The van der Waals surface area contributed by atoms with Crippen molar-refractivity contribution in [2.45, 2.75) is 33.0 Å². The van der Waals surface area contributed by atoms with Gasteiger partial charge in [-0.3, -0.25) is 0 Å². The van der Waals surface area contributed by atoms with Gasteiger partial charge in [0.05, 0.1) is 11.8 Å². The number of para-hydroxylation sites is 2. The van der Waals surface area contributed by atoms with Gasteiger partial charge >= 0.3 is 0 Å². The van der Waals surface area contributed by atoms with Crippen molar-refractivity contribution in [3.8, 4) is 5.75 Å². The Morgan fingerprint density at radius 1 is 1.15 bits per heavy atom. The average molecular weight is 293 g/mol. The molecule has 0 aliphatic heterocycles. The summed E-state index contributed by atoms with van der Waals surface area (Å²) in [5, 5.41) is 13.0. The summed E-state index contributed by atoms with van der Waals surface area (Å²) in [6.45, 7) is 5.94.